The van der Waals surface area contributed by atoms with E-state index in [0.29, 0.717) is 51.9 Å². The van der Waals surface area contributed by atoms with Crippen molar-refractivity contribution in [1.29, 1.82) is 0 Å². The zero-order valence-electron chi connectivity index (χ0n) is 18.2. The van der Waals surface area contributed by atoms with Crippen LogP contribution in [0.25, 0.3) is 33.1 Å². The van der Waals surface area contributed by atoms with Crippen LogP contribution in [-0.2, 0) is 0 Å². The molecule has 1 aliphatic heterocycles. The summed E-state index contributed by atoms with van der Waals surface area (Å²) in [6.07, 6.45) is 1.59. The number of hydrogen-bond donors (Lipinski definition) is 1. The first-order valence-electron chi connectivity index (χ1n) is 10.9. The highest BCUT2D eigenvalue weighted by Gasteiger charge is 2.15. The Bertz CT molecular complexity index is 1610. The van der Waals surface area contributed by atoms with Gasteiger partial charge in [-0.2, -0.15) is 5.10 Å². The SMILES string of the molecule is Clc1ccc2nc(NN=Cc3cc4cc5c(cc4nc3Cl)OCCO5)nc(-c3ccccc3)c2c1. The number of nitrogens with zero attached hydrogens (tertiary/aromatic N) is 4. The molecule has 7 nitrogen and oxygen atoms in total. The molecule has 0 radical (unpaired) electrons. The summed E-state index contributed by atoms with van der Waals surface area (Å²) in [4.78, 5) is 13.8. The zero-order chi connectivity index (χ0) is 23.8. The van der Waals surface area contributed by atoms with Crippen LogP contribution < -0.4 is 14.9 Å². The Morgan fingerprint density at radius 3 is 2.46 bits per heavy atom. The predicted octanol–water partition coefficient (Wildman–Crippen LogP) is 6.37. The van der Waals surface area contributed by atoms with Crippen molar-refractivity contribution in [3.63, 3.8) is 0 Å². The van der Waals surface area contributed by atoms with Crippen molar-refractivity contribution in [2.45, 2.75) is 0 Å². The molecule has 0 aliphatic carbocycles. The molecule has 3 heterocycles. The van der Waals surface area contributed by atoms with E-state index in [1.54, 1.807) is 12.3 Å². The van der Waals surface area contributed by atoms with Crippen LogP contribution >= 0.6 is 23.2 Å². The predicted molar refractivity (Wildman–Crippen MR) is 139 cm³/mol. The highest BCUT2D eigenvalue weighted by molar-refractivity contribution is 6.32. The number of anilines is 1. The van der Waals surface area contributed by atoms with Crippen LogP contribution in [-0.4, -0.2) is 34.4 Å². The standard InChI is InChI=1S/C26H17Cl2N5O2/c27-18-6-7-20-19(12-18)24(15-4-2-1-3-5-15)32-26(31-20)33-29-14-17-10-16-11-22-23(35-9-8-34-22)13-21(16)30-25(17)28/h1-7,10-14H,8-9H2,(H,31,32,33). The van der Waals surface area contributed by atoms with Crippen LogP contribution in [0.4, 0.5) is 5.95 Å². The average molecular weight is 502 g/mol. The lowest BCUT2D eigenvalue weighted by Gasteiger charge is -2.18. The molecular formula is C26H17Cl2N5O2. The summed E-state index contributed by atoms with van der Waals surface area (Å²) in [6, 6.07) is 21.0. The minimum atomic E-state index is 0.318. The fourth-order valence-electron chi connectivity index (χ4n) is 3.92. The molecule has 0 spiro atoms. The molecule has 0 unspecified atom stereocenters. The second kappa shape index (κ2) is 9.02. The molecule has 0 saturated heterocycles. The molecule has 6 rings (SSSR count). The smallest absolute Gasteiger partial charge is 0.244 e. The van der Waals surface area contributed by atoms with Gasteiger partial charge in [0.1, 0.15) is 18.4 Å². The van der Waals surface area contributed by atoms with Gasteiger partial charge in [-0.25, -0.2) is 20.4 Å². The Kier molecular flexibility index (Phi) is 5.56. The highest BCUT2D eigenvalue weighted by Crippen LogP contribution is 2.35. The van der Waals surface area contributed by atoms with Crippen molar-refractivity contribution in [1.82, 2.24) is 15.0 Å². The Balaban J connectivity index is 1.33. The van der Waals surface area contributed by atoms with Crippen LogP contribution in [0, 0.1) is 0 Å². The van der Waals surface area contributed by atoms with Crippen molar-refractivity contribution in [3.8, 4) is 22.8 Å². The quantitative estimate of drug-likeness (QED) is 0.175. The summed E-state index contributed by atoms with van der Waals surface area (Å²) < 4.78 is 11.3. The molecule has 3 aromatic carbocycles. The maximum absolute atomic E-state index is 6.42. The molecule has 0 amide bonds. The Labute approximate surface area is 210 Å². The number of pyridine rings is 1. The third-order valence-electron chi connectivity index (χ3n) is 5.53. The largest absolute Gasteiger partial charge is 0.486 e. The lowest BCUT2D eigenvalue weighted by molar-refractivity contribution is 0.172. The lowest BCUT2D eigenvalue weighted by atomic mass is 10.1. The van der Waals surface area contributed by atoms with Gasteiger partial charge in [-0.05, 0) is 30.3 Å². The molecule has 0 fully saturated rings. The van der Waals surface area contributed by atoms with Crippen LogP contribution in [0.1, 0.15) is 5.56 Å². The number of ether oxygens (including phenoxy) is 2. The molecule has 5 aromatic rings. The van der Waals surface area contributed by atoms with Gasteiger partial charge in [0.15, 0.2) is 11.5 Å². The number of benzene rings is 3. The number of hydrazone groups is 1. The first-order valence-corrected chi connectivity index (χ1v) is 11.6. The van der Waals surface area contributed by atoms with E-state index in [1.807, 2.05) is 60.7 Å². The second-order valence-corrected chi connectivity index (χ2v) is 8.64. The van der Waals surface area contributed by atoms with Crippen molar-refractivity contribution in [2.24, 2.45) is 5.10 Å². The third-order valence-corrected chi connectivity index (χ3v) is 6.07. The fraction of sp³-hybridized carbons (Fsp3) is 0.0769. The van der Waals surface area contributed by atoms with Gasteiger partial charge >= 0.3 is 0 Å². The summed E-state index contributed by atoms with van der Waals surface area (Å²) in [5.41, 5.74) is 6.73. The van der Waals surface area contributed by atoms with Crippen molar-refractivity contribution >= 4 is 57.2 Å². The minimum absolute atomic E-state index is 0.318. The zero-order valence-corrected chi connectivity index (χ0v) is 19.7. The Morgan fingerprint density at radius 2 is 1.63 bits per heavy atom. The fourth-order valence-corrected chi connectivity index (χ4v) is 4.29. The van der Waals surface area contributed by atoms with Gasteiger partial charge in [-0.15, -0.1) is 0 Å². The van der Waals surface area contributed by atoms with E-state index in [0.717, 1.165) is 27.5 Å². The molecular weight excluding hydrogens is 485 g/mol. The van der Waals surface area contributed by atoms with Crippen LogP contribution in [0.2, 0.25) is 10.2 Å². The van der Waals surface area contributed by atoms with Gasteiger partial charge in [0, 0.05) is 33.0 Å². The number of hydrogen-bond acceptors (Lipinski definition) is 7. The van der Waals surface area contributed by atoms with Gasteiger partial charge in [-0.1, -0.05) is 53.5 Å². The van der Waals surface area contributed by atoms with Crippen molar-refractivity contribution in [2.75, 3.05) is 18.6 Å². The molecule has 1 aliphatic rings. The second-order valence-electron chi connectivity index (χ2n) is 7.85. The van der Waals surface area contributed by atoms with E-state index in [2.05, 4.69) is 20.5 Å². The third kappa shape index (κ3) is 4.32. The van der Waals surface area contributed by atoms with E-state index in [4.69, 9.17) is 37.7 Å². The van der Waals surface area contributed by atoms with E-state index in [1.165, 1.54) is 0 Å². The van der Waals surface area contributed by atoms with Crippen LogP contribution in [0.15, 0.2) is 71.8 Å². The van der Waals surface area contributed by atoms with E-state index in [-0.39, 0.29) is 0 Å². The molecule has 1 N–H and O–H groups in total. The topological polar surface area (TPSA) is 81.5 Å². The maximum Gasteiger partial charge on any atom is 0.244 e. The highest BCUT2D eigenvalue weighted by atomic mass is 35.5. The molecule has 0 atom stereocenters. The Hall–Kier alpha value is -3.94. The normalized spacial score (nSPS) is 13.0. The van der Waals surface area contributed by atoms with E-state index < -0.39 is 0 Å². The first kappa shape index (κ1) is 21.6. The summed E-state index contributed by atoms with van der Waals surface area (Å²) in [5, 5.41) is 6.98. The van der Waals surface area contributed by atoms with Gasteiger partial charge in [0.05, 0.1) is 22.9 Å². The number of aromatic nitrogens is 3. The number of nitrogens with one attached hydrogen (secondary N) is 1. The van der Waals surface area contributed by atoms with E-state index in [9.17, 15) is 0 Å². The molecule has 172 valence electrons. The molecule has 0 saturated carbocycles. The minimum Gasteiger partial charge on any atom is -0.486 e. The maximum atomic E-state index is 6.42. The molecule has 35 heavy (non-hydrogen) atoms. The van der Waals surface area contributed by atoms with Crippen LogP contribution in [0.3, 0.4) is 0 Å². The average Bonchev–Trinajstić information content (AvgIpc) is 2.88. The molecule has 2 aromatic heterocycles. The summed E-state index contributed by atoms with van der Waals surface area (Å²) in [7, 11) is 0. The Morgan fingerprint density at radius 1 is 0.829 bits per heavy atom. The van der Waals surface area contributed by atoms with Crippen molar-refractivity contribution < 1.29 is 9.47 Å². The summed E-state index contributed by atoms with van der Waals surface area (Å²) in [5.74, 6) is 1.70. The lowest BCUT2D eigenvalue weighted by Crippen LogP contribution is -2.15. The number of fused-ring (bicyclic) bond motifs is 3. The van der Waals surface area contributed by atoms with Gasteiger partial charge in [-0.3, -0.25) is 0 Å². The first-order chi connectivity index (χ1) is 17.1. The van der Waals surface area contributed by atoms with Gasteiger partial charge < -0.3 is 9.47 Å². The van der Waals surface area contributed by atoms with Crippen LogP contribution in [0.5, 0.6) is 11.5 Å². The number of rotatable bonds is 4. The number of halogens is 2. The summed E-state index contributed by atoms with van der Waals surface area (Å²) in [6.45, 7) is 1.03. The monoisotopic (exact) mass is 501 g/mol. The van der Waals surface area contributed by atoms with Gasteiger partial charge in [0.25, 0.3) is 0 Å². The molecule has 9 heteroatoms. The van der Waals surface area contributed by atoms with E-state index >= 15 is 0 Å². The summed E-state index contributed by atoms with van der Waals surface area (Å²) >= 11 is 12.7. The van der Waals surface area contributed by atoms with Crippen molar-refractivity contribution in [3.05, 3.63) is 82.5 Å². The molecule has 0 bridgehead atoms. The van der Waals surface area contributed by atoms with Gasteiger partial charge in [0.2, 0.25) is 5.95 Å².